The van der Waals surface area contributed by atoms with Crippen molar-refractivity contribution < 1.29 is 27.2 Å². The van der Waals surface area contributed by atoms with Crippen LogP contribution in [0.3, 0.4) is 0 Å². The van der Waals surface area contributed by atoms with Gasteiger partial charge in [0.25, 0.3) is 5.91 Å². The van der Waals surface area contributed by atoms with E-state index in [9.17, 15) is 22.8 Å². The van der Waals surface area contributed by atoms with Crippen molar-refractivity contribution in [2.75, 3.05) is 39.3 Å². The van der Waals surface area contributed by atoms with Gasteiger partial charge in [0.15, 0.2) is 8.32 Å². The lowest BCUT2D eigenvalue weighted by atomic mass is 9.92. The predicted molar refractivity (Wildman–Crippen MR) is 188 cm³/mol. The highest BCUT2D eigenvalue weighted by atomic mass is 35.5. The van der Waals surface area contributed by atoms with E-state index in [0.29, 0.717) is 22.0 Å². The van der Waals surface area contributed by atoms with Gasteiger partial charge in [-0.15, -0.1) is 0 Å². The van der Waals surface area contributed by atoms with Crippen LogP contribution in [0.25, 0.3) is 11.1 Å². The number of amides is 2. The van der Waals surface area contributed by atoms with Crippen LogP contribution >= 0.6 is 23.2 Å². The van der Waals surface area contributed by atoms with Gasteiger partial charge in [0.2, 0.25) is 5.91 Å². The minimum Gasteiger partial charge on any atom is -0.414 e. The number of hydrogen-bond acceptors (Lipinski definition) is 4. The molecule has 0 N–H and O–H groups in total. The summed E-state index contributed by atoms with van der Waals surface area (Å²) in [6.07, 6.45) is 1.21. The van der Waals surface area contributed by atoms with E-state index in [1.165, 1.54) is 4.90 Å². The van der Waals surface area contributed by atoms with Crippen molar-refractivity contribution in [2.45, 2.75) is 95.8 Å². The lowest BCUT2D eigenvalue weighted by Gasteiger charge is -2.42. The highest BCUT2D eigenvalue weighted by molar-refractivity contribution is 6.74. The molecule has 1 atom stereocenters. The van der Waals surface area contributed by atoms with Gasteiger partial charge in [-0.1, -0.05) is 56.1 Å². The molecule has 0 bridgehead atoms. The molecule has 264 valence electrons. The molecule has 2 saturated heterocycles. The average molecular weight is 727 g/mol. The summed E-state index contributed by atoms with van der Waals surface area (Å²) in [7, 11) is -1.82. The van der Waals surface area contributed by atoms with Gasteiger partial charge < -0.3 is 14.2 Å². The number of carbonyl (C=O) groups excluding carboxylic acids is 2. The molecule has 48 heavy (non-hydrogen) atoms. The van der Waals surface area contributed by atoms with E-state index in [0.717, 1.165) is 55.3 Å². The Balaban J connectivity index is 1.15. The molecule has 5 rings (SSSR count). The van der Waals surface area contributed by atoms with Crippen LogP contribution in [0.15, 0.2) is 36.4 Å². The monoisotopic (exact) mass is 725 g/mol. The van der Waals surface area contributed by atoms with E-state index < -0.39 is 21.0 Å². The van der Waals surface area contributed by atoms with Crippen LogP contribution < -0.4 is 0 Å². The van der Waals surface area contributed by atoms with Crippen LogP contribution in [-0.4, -0.2) is 92.4 Å². The number of hydrogen-bond donors (Lipinski definition) is 0. The third-order valence-electron chi connectivity index (χ3n) is 10.8. The van der Waals surface area contributed by atoms with Gasteiger partial charge in [-0.2, -0.15) is 13.2 Å². The van der Waals surface area contributed by atoms with Crippen LogP contribution in [-0.2, 0) is 15.6 Å². The highest BCUT2D eigenvalue weighted by Gasteiger charge is 2.42. The second-order valence-electron chi connectivity index (χ2n) is 15.2. The minimum atomic E-state index is -4.25. The zero-order chi connectivity index (χ0) is 35.0. The Morgan fingerprint density at radius 3 is 2.00 bits per heavy atom. The number of piperazine rings is 1. The van der Waals surface area contributed by atoms with Crippen molar-refractivity contribution in [1.29, 1.82) is 0 Å². The Kier molecular flexibility index (Phi) is 11.3. The molecule has 2 heterocycles. The number of carbonyl (C=O) groups is 2. The first-order valence-electron chi connectivity index (χ1n) is 17.1. The smallest absolute Gasteiger partial charge is 0.401 e. The van der Waals surface area contributed by atoms with Crippen LogP contribution in [0.4, 0.5) is 13.2 Å². The molecule has 0 aromatic heterocycles. The maximum atomic E-state index is 13.6. The molecule has 0 radical (unpaired) electrons. The fourth-order valence-corrected chi connectivity index (χ4v) is 9.01. The number of likely N-dealkylation sites (tertiary alicyclic amines) is 1. The van der Waals surface area contributed by atoms with Crippen LogP contribution in [0.1, 0.15) is 68.8 Å². The third kappa shape index (κ3) is 8.78. The topological polar surface area (TPSA) is 53.1 Å². The molecular formula is C36H48Cl2F3N3O3Si. The number of halogens is 5. The second kappa shape index (κ2) is 14.6. The van der Waals surface area contributed by atoms with Crippen LogP contribution in [0, 0.1) is 5.92 Å². The number of rotatable bonds is 8. The van der Waals surface area contributed by atoms with E-state index in [4.69, 9.17) is 27.6 Å². The normalized spacial score (nSPS) is 23.2. The van der Waals surface area contributed by atoms with Gasteiger partial charge in [0, 0.05) is 66.4 Å². The molecule has 6 nitrogen and oxygen atoms in total. The Hall–Kier alpha value is -2.11. The number of alkyl halides is 3. The number of nitrogens with zero attached hydrogens (tertiary/aromatic N) is 3. The summed E-state index contributed by atoms with van der Waals surface area (Å²) < 4.78 is 44.8. The first kappa shape index (κ1) is 37.1. The maximum Gasteiger partial charge on any atom is 0.401 e. The van der Waals surface area contributed by atoms with Gasteiger partial charge >= 0.3 is 6.18 Å². The molecule has 2 aliphatic heterocycles. The largest absolute Gasteiger partial charge is 0.414 e. The van der Waals surface area contributed by atoms with E-state index in [-0.39, 0.29) is 61.1 Å². The Morgan fingerprint density at radius 1 is 0.875 bits per heavy atom. The van der Waals surface area contributed by atoms with Crippen LogP contribution in [0.5, 0.6) is 0 Å². The zero-order valence-corrected chi connectivity index (χ0v) is 31.1. The third-order valence-corrected chi connectivity index (χ3v) is 16.0. The Morgan fingerprint density at radius 2 is 1.46 bits per heavy atom. The second-order valence-corrected chi connectivity index (χ2v) is 20.8. The van der Waals surface area contributed by atoms with E-state index in [2.05, 4.69) is 38.8 Å². The van der Waals surface area contributed by atoms with E-state index >= 15 is 0 Å². The summed E-state index contributed by atoms with van der Waals surface area (Å²) >= 11 is 13.6. The molecule has 1 saturated carbocycles. The van der Waals surface area contributed by atoms with Crippen molar-refractivity contribution >= 4 is 43.3 Å². The summed E-state index contributed by atoms with van der Waals surface area (Å²) in [6.45, 7) is 12.1. The van der Waals surface area contributed by atoms with Crippen molar-refractivity contribution in [2.24, 2.45) is 5.92 Å². The average Bonchev–Trinajstić information content (AvgIpc) is 3.37. The van der Waals surface area contributed by atoms with E-state index in [1.807, 2.05) is 24.3 Å². The van der Waals surface area contributed by atoms with Gasteiger partial charge in [-0.05, 0) is 97.6 Å². The standard InChI is InChI=1S/C36H48Cl2F3N3O3Si/c1-35(2,3)48(4,5)47-29-12-10-28(11-13-29)44-15-14-26(34(44)46)20-30-31(37)21-27(22-32(30)38)24-6-8-25(9-7-24)33(45)43-18-16-42(17-19-43)23-36(39,40)41/h6-9,21-22,26,28-29H,10-20,23H2,1-5H3. The fraction of sp³-hybridized carbons (Fsp3) is 0.611. The van der Waals surface area contributed by atoms with Crippen LogP contribution in [0.2, 0.25) is 28.2 Å². The molecule has 1 aliphatic carbocycles. The summed E-state index contributed by atoms with van der Waals surface area (Å²) in [5.41, 5.74) is 2.86. The summed E-state index contributed by atoms with van der Waals surface area (Å²) in [5.74, 6) is -0.183. The summed E-state index contributed by atoms with van der Waals surface area (Å²) in [5, 5.41) is 1.19. The van der Waals surface area contributed by atoms with Gasteiger partial charge in [0.05, 0.1) is 6.54 Å². The molecule has 12 heteroatoms. The quantitative estimate of drug-likeness (QED) is 0.256. The SMILES string of the molecule is CC(C)(C)[Si](C)(C)OC1CCC(N2CCC(Cc3c(Cl)cc(-c4ccc(C(=O)N5CCN(CC(F)(F)F)CC5)cc4)cc3Cl)C2=O)CC1. The first-order valence-corrected chi connectivity index (χ1v) is 20.7. The first-order chi connectivity index (χ1) is 22.4. The number of benzene rings is 2. The van der Waals surface area contributed by atoms with Gasteiger partial charge in [-0.3, -0.25) is 14.5 Å². The molecule has 2 aromatic carbocycles. The van der Waals surface area contributed by atoms with Crippen molar-refractivity contribution in [1.82, 2.24) is 14.7 Å². The molecule has 3 fully saturated rings. The fourth-order valence-electron chi connectivity index (χ4n) is 6.94. The Bertz CT molecular complexity index is 1440. The van der Waals surface area contributed by atoms with E-state index in [1.54, 1.807) is 17.0 Å². The maximum absolute atomic E-state index is 13.6. The molecule has 2 aromatic rings. The lowest BCUT2D eigenvalue weighted by molar-refractivity contribution is -0.148. The van der Waals surface area contributed by atoms with Gasteiger partial charge in [-0.25, -0.2) is 0 Å². The molecule has 2 amide bonds. The summed E-state index contributed by atoms with van der Waals surface area (Å²) in [4.78, 5) is 31.6. The van der Waals surface area contributed by atoms with Crippen molar-refractivity contribution in [3.05, 3.63) is 57.6 Å². The predicted octanol–water partition coefficient (Wildman–Crippen LogP) is 8.70. The highest BCUT2D eigenvalue weighted by Crippen LogP contribution is 2.41. The Labute approximate surface area is 294 Å². The summed E-state index contributed by atoms with van der Waals surface area (Å²) in [6, 6.07) is 11.0. The molecule has 3 aliphatic rings. The molecular weight excluding hydrogens is 678 g/mol. The minimum absolute atomic E-state index is 0.160. The zero-order valence-electron chi connectivity index (χ0n) is 28.6. The van der Waals surface area contributed by atoms with Crippen molar-refractivity contribution in [3.63, 3.8) is 0 Å². The van der Waals surface area contributed by atoms with Gasteiger partial charge in [0.1, 0.15) is 0 Å². The molecule has 0 spiro atoms. The molecule has 1 unspecified atom stereocenters. The lowest BCUT2D eigenvalue weighted by Crippen LogP contribution is -2.50. The van der Waals surface area contributed by atoms with Crippen molar-refractivity contribution in [3.8, 4) is 11.1 Å².